The van der Waals surface area contributed by atoms with Crippen molar-refractivity contribution in [2.75, 3.05) is 13.7 Å². The second-order valence-corrected chi connectivity index (χ2v) is 7.87. The summed E-state index contributed by atoms with van der Waals surface area (Å²) in [5.41, 5.74) is 0. The van der Waals surface area contributed by atoms with Crippen LogP contribution in [0.15, 0.2) is 30.3 Å². The number of rotatable bonds is 8. The minimum Gasteiger partial charge on any atom is -0.427 e. The third kappa shape index (κ3) is 7.39. The predicted octanol–water partition coefficient (Wildman–Crippen LogP) is 5.82. The fourth-order valence-corrected chi connectivity index (χ4v) is 3.85. The number of carbonyl (C=O) groups excluding carboxylic acids is 1. The number of hydrogen-bond acceptors (Lipinski definition) is 5. The molecular weight excluding hydrogens is 456 g/mol. The molecule has 176 valence electrons. The summed E-state index contributed by atoms with van der Waals surface area (Å²) in [6.45, 7) is -0.325. The van der Waals surface area contributed by atoms with Gasteiger partial charge in [0.15, 0.2) is 0 Å². The van der Waals surface area contributed by atoms with E-state index >= 15 is 0 Å². The van der Waals surface area contributed by atoms with Gasteiger partial charge in [0.2, 0.25) is 34.8 Å². The first-order chi connectivity index (χ1) is 15.4. The number of ether oxygens (including phenoxy) is 1. The molecule has 1 atom stereocenters. The van der Waals surface area contributed by atoms with Crippen molar-refractivity contribution in [1.29, 1.82) is 0 Å². The normalized spacial score (nSPS) is 14.8. The van der Waals surface area contributed by atoms with Crippen LogP contribution in [-0.2, 0) is 9.53 Å². The fraction of sp³-hybridized carbons (Fsp3) is 0.381. The van der Waals surface area contributed by atoms with Crippen molar-refractivity contribution in [1.82, 2.24) is 5.09 Å². The van der Waals surface area contributed by atoms with E-state index in [9.17, 15) is 26.7 Å². The summed E-state index contributed by atoms with van der Waals surface area (Å²) in [6, 6.07) is 7.78. The molecule has 1 aliphatic rings. The summed E-state index contributed by atoms with van der Waals surface area (Å²) in [7, 11) is -0.587. The average molecular weight is 479 g/mol. The molecule has 1 unspecified atom stereocenters. The molecule has 0 aliphatic heterocycles. The van der Waals surface area contributed by atoms with Crippen LogP contribution in [0, 0.1) is 29.1 Å². The minimum absolute atomic E-state index is 0.200. The maximum absolute atomic E-state index is 13.6. The Hall–Kier alpha value is -2.29. The summed E-state index contributed by atoms with van der Waals surface area (Å²) in [4.78, 5) is 10.4. The number of para-hydroxylation sites is 1. The number of carbonyl (C=O) groups is 1. The molecule has 0 saturated heterocycles. The van der Waals surface area contributed by atoms with E-state index in [1.807, 2.05) is 7.11 Å². The first-order valence-corrected chi connectivity index (χ1v) is 11.0. The molecular formula is C21H23F5NO4P. The van der Waals surface area contributed by atoms with Gasteiger partial charge >= 0.3 is 8.53 Å². The summed E-state index contributed by atoms with van der Waals surface area (Å²) in [5.74, 6) is -12.2. The first kappa shape index (κ1) is 26.0. The van der Waals surface area contributed by atoms with Gasteiger partial charge in [0.25, 0.3) is 0 Å². The molecule has 1 N–H and O–H groups in total. The van der Waals surface area contributed by atoms with Crippen molar-refractivity contribution in [3.8, 4) is 11.5 Å². The van der Waals surface area contributed by atoms with E-state index in [-0.39, 0.29) is 12.3 Å². The molecule has 1 fully saturated rings. The zero-order valence-corrected chi connectivity index (χ0v) is 18.1. The van der Waals surface area contributed by atoms with Gasteiger partial charge in [-0.3, -0.25) is 0 Å². The second-order valence-electron chi connectivity index (χ2n) is 6.68. The lowest BCUT2D eigenvalue weighted by Gasteiger charge is -2.19. The van der Waals surface area contributed by atoms with Crippen molar-refractivity contribution in [2.45, 2.75) is 38.2 Å². The van der Waals surface area contributed by atoms with E-state index in [0.717, 1.165) is 0 Å². The van der Waals surface area contributed by atoms with Crippen molar-refractivity contribution < 1.29 is 40.5 Å². The van der Waals surface area contributed by atoms with Gasteiger partial charge in [-0.1, -0.05) is 37.5 Å². The Balaban J connectivity index is 0.000000380. The molecule has 2 aromatic rings. The van der Waals surface area contributed by atoms with Gasteiger partial charge in [-0.25, -0.2) is 18.3 Å². The number of nitrogens with one attached hydrogen (secondary N) is 1. The van der Waals surface area contributed by atoms with Gasteiger partial charge in [-0.15, -0.1) is 0 Å². The second kappa shape index (κ2) is 13.3. The molecule has 0 radical (unpaired) electrons. The fourth-order valence-electron chi connectivity index (χ4n) is 2.82. The SMILES string of the molecule is COC1CCCCC1.O=CCNP(Oc1ccccc1)Oc1c(F)c(F)c(F)c(F)c1F. The van der Waals surface area contributed by atoms with Gasteiger partial charge in [0.05, 0.1) is 12.6 Å². The number of hydrogen-bond donors (Lipinski definition) is 1. The summed E-state index contributed by atoms with van der Waals surface area (Å²) in [6.07, 6.45) is 7.74. The summed E-state index contributed by atoms with van der Waals surface area (Å²) >= 11 is 0. The molecule has 0 heterocycles. The Bertz CT molecular complexity index is 840. The van der Waals surface area contributed by atoms with Gasteiger partial charge < -0.3 is 18.6 Å². The molecule has 0 bridgehead atoms. The molecule has 0 aromatic heterocycles. The molecule has 0 amide bonds. The zero-order valence-electron chi connectivity index (χ0n) is 17.3. The molecule has 2 aromatic carbocycles. The van der Waals surface area contributed by atoms with Crippen molar-refractivity contribution in [2.24, 2.45) is 0 Å². The Kier molecular flexibility index (Phi) is 10.8. The van der Waals surface area contributed by atoms with Crippen LogP contribution in [0.25, 0.3) is 0 Å². The molecule has 3 rings (SSSR count). The molecule has 5 nitrogen and oxygen atoms in total. The minimum atomic E-state index is -2.40. The molecule has 1 aliphatic carbocycles. The Morgan fingerprint density at radius 1 is 0.906 bits per heavy atom. The lowest BCUT2D eigenvalue weighted by Crippen LogP contribution is -2.18. The highest BCUT2D eigenvalue weighted by atomic mass is 31.2. The van der Waals surface area contributed by atoms with E-state index in [1.54, 1.807) is 18.2 Å². The number of aldehydes is 1. The van der Waals surface area contributed by atoms with E-state index in [0.29, 0.717) is 12.4 Å². The van der Waals surface area contributed by atoms with Crippen LogP contribution in [0.4, 0.5) is 22.0 Å². The standard InChI is InChI=1S/C14H9F5NO3P.C7H14O/c15-9-10(16)12(18)14(13(19)11(9)17)23-24(20-6-7-21)22-8-4-2-1-3-5-8;1-8-7-5-3-2-4-6-7/h1-5,7,20H,6H2;7H,2-6H2,1H3. The topological polar surface area (TPSA) is 56.8 Å². The summed E-state index contributed by atoms with van der Waals surface area (Å²) in [5, 5.41) is 2.35. The quantitative estimate of drug-likeness (QED) is 0.170. The third-order valence-electron chi connectivity index (χ3n) is 4.46. The van der Waals surface area contributed by atoms with Crippen molar-refractivity contribution in [3.63, 3.8) is 0 Å². The van der Waals surface area contributed by atoms with Crippen LogP contribution in [0.3, 0.4) is 0 Å². The number of benzene rings is 2. The molecule has 0 spiro atoms. The van der Waals surface area contributed by atoms with Gasteiger partial charge in [-0.2, -0.15) is 8.78 Å². The van der Waals surface area contributed by atoms with Gasteiger partial charge in [0, 0.05) is 7.11 Å². The zero-order chi connectivity index (χ0) is 23.5. The number of methoxy groups -OCH3 is 1. The predicted molar refractivity (Wildman–Crippen MR) is 109 cm³/mol. The van der Waals surface area contributed by atoms with E-state index in [1.165, 1.54) is 44.2 Å². The lowest BCUT2D eigenvalue weighted by atomic mass is 9.98. The largest absolute Gasteiger partial charge is 0.427 e. The van der Waals surface area contributed by atoms with E-state index < -0.39 is 43.4 Å². The van der Waals surface area contributed by atoms with Gasteiger partial charge in [-0.05, 0) is 25.0 Å². The first-order valence-electron chi connectivity index (χ1n) is 9.81. The Morgan fingerprint density at radius 2 is 1.47 bits per heavy atom. The highest BCUT2D eigenvalue weighted by Crippen LogP contribution is 2.40. The monoisotopic (exact) mass is 479 g/mol. The smallest absolute Gasteiger partial charge is 0.382 e. The molecule has 32 heavy (non-hydrogen) atoms. The van der Waals surface area contributed by atoms with Crippen molar-refractivity contribution in [3.05, 3.63) is 59.4 Å². The molecule has 1 saturated carbocycles. The van der Waals surface area contributed by atoms with Gasteiger partial charge in [0.1, 0.15) is 12.0 Å². The van der Waals surface area contributed by atoms with Crippen LogP contribution in [0.1, 0.15) is 32.1 Å². The van der Waals surface area contributed by atoms with Crippen LogP contribution in [0.5, 0.6) is 11.5 Å². The lowest BCUT2D eigenvalue weighted by molar-refractivity contribution is -0.106. The van der Waals surface area contributed by atoms with Crippen LogP contribution in [-0.4, -0.2) is 26.0 Å². The highest BCUT2D eigenvalue weighted by molar-refractivity contribution is 7.45. The molecule has 11 heteroatoms. The third-order valence-corrected chi connectivity index (χ3v) is 5.63. The maximum atomic E-state index is 13.6. The maximum Gasteiger partial charge on any atom is 0.382 e. The Morgan fingerprint density at radius 3 is 1.97 bits per heavy atom. The van der Waals surface area contributed by atoms with Crippen molar-refractivity contribution >= 4 is 14.8 Å². The van der Waals surface area contributed by atoms with Crippen LogP contribution in [0.2, 0.25) is 0 Å². The number of halogens is 5. The summed E-state index contributed by atoms with van der Waals surface area (Å²) < 4.78 is 81.9. The highest BCUT2D eigenvalue weighted by Gasteiger charge is 2.30. The van der Waals surface area contributed by atoms with Crippen LogP contribution >= 0.6 is 8.53 Å². The van der Waals surface area contributed by atoms with E-state index in [2.05, 4.69) is 5.09 Å². The van der Waals surface area contributed by atoms with Crippen LogP contribution < -0.4 is 14.1 Å². The Labute approximate surface area is 183 Å². The average Bonchev–Trinajstić information content (AvgIpc) is 2.84. The van der Waals surface area contributed by atoms with E-state index in [4.69, 9.17) is 13.8 Å².